The summed E-state index contributed by atoms with van der Waals surface area (Å²) in [5.41, 5.74) is 7.07. The Labute approximate surface area is 97.2 Å². The van der Waals surface area contributed by atoms with Gasteiger partial charge in [0.1, 0.15) is 0 Å². The van der Waals surface area contributed by atoms with Crippen LogP contribution < -0.4 is 5.73 Å². The summed E-state index contributed by atoms with van der Waals surface area (Å²) in [6.07, 6.45) is 1.12. The van der Waals surface area contributed by atoms with Gasteiger partial charge in [-0.05, 0) is 18.5 Å². The molecule has 1 saturated heterocycles. The number of nitrogens with zero attached hydrogens (tertiary/aromatic N) is 1. The molecule has 0 aliphatic carbocycles. The molecule has 1 aromatic carbocycles. The molecule has 16 heavy (non-hydrogen) atoms. The molecule has 2 N–H and O–H groups in total. The molecule has 1 aromatic rings. The maximum Gasteiger partial charge on any atom is 0.0717 e. The van der Waals surface area contributed by atoms with E-state index in [4.69, 9.17) is 10.5 Å². The zero-order valence-electron chi connectivity index (χ0n) is 9.64. The predicted octanol–water partition coefficient (Wildman–Crippen LogP) is 1.24. The Kier molecular flexibility index (Phi) is 4.34. The van der Waals surface area contributed by atoms with Crippen LogP contribution in [-0.4, -0.2) is 37.2 Å². The second kappa shape index (κ2) is 5.99. The second-order valence-electron chi connectivity index (χ2n) is 4.39. The van der Waals surface area contributed by atoms with E-state index in [-0.39, 0.29) is 0 Å². The molecule has 3 heteroatoms. The SMILES string of the molecule is NC1CCN(CCOCc2ccccc2)C1. The van der Waals surface area contributed by atoms with E-state index in [1.807, 2.05) is 18.2 Å². The van der Waals surface area contributed by atoms with Gasteiger partial charge in [0.15, 0.2) is 0 Å². The molecule has 1 fully saturated rings. The van der Waals surface area contributed by atoms with Crippen LogP contribution in [-0.2, 0) is 11.3 Å². The third-order valence-electron chi connectivity index (χ3n) is 2.97. The van der Waals surface area contributed by atoms with E-state index >= 15 is 0 Å². The fraction of sp³-hybridized carbons (Fsp3) is 0.538. The van der Waals surface area contributed by atoms with Crippen LogP contribution in [0.4, 0.5) is 0 Å². The van der Waals surface area contributed by atoms with Gasteiger partial charge >= 0.3 is 0 Å². The van der Waals surface area contributed by atoms with Crippen LogP contribution in [0.1, 0.15) is 12.0 Å². The van der Waals surface area contributed by atoms with E-state index in [0.717, 1.165) is 32.7 Å². The predicted molar refractivity (Wildman–Crippen MR) is 65.1 cm³/mol. The lowest BCUT2D eigenvalue weighted by Gasteiger charge is -2.14. The highest BCUT2D eigenvalue weighted by molar-refractivity contribution is 5.13. The van der Waals surface area contributed by atoms with Gasteiger partial charge in [-0.2, -0.15) is 0 Å². The van der Waals surface area contributed by atoms with Crippen LogP contribution in [0, 0.1) is 0 Å². The van der Waals surface area contributed by atoms with E-state index in [0.29, 0.717) is 12.6 Å². The van der Waals surface area contributed by atoms with Gasteiger partial charge in [-0.15, -0.1) is 0 Å². The molecule has 1 aliphatic heterocycles. The van der Waals surface area contributed by atoms with E-state index < -0.39 is 0 Å². The van der Waals surface area contributed by atoms with Crippen LogP contribution in [0.2, 0.25) is 0 Å². The average molecular weight is 220 g/mol. The first-order valence-corrected chi connectivity index (χ1v) is 5.94. The molecule has 0 spiro atoms. The summed E-state index contributed by atoms with van der Waals surface area (Å²) in [5.74, 6) is 0. The molecule has 1 unspecified atom stereocenters. The minimum atomic E-state index is 0.370. The van der Waals surface area contributed by atoms with Crippen molar-refractivity contribution < 1.29 is 4.74 Å². The smallest absolute Gasteiger partial charge is 0.0717 e. The molecule has 3 nitrogen and oxygen atoms in total. The van der Waals surface area contributed by atoms with Crippen molar-refractivity contribution in [1.82, 2.24) is 4.90 Å². The van der Waals surface area contributed by atoms with Gasteiger partial charge in [0.25, 0.3) is 0 Å². The number of hydrogen-bond acceptors (Lipinski definition) is 3. The number of likely N-dealkylation sites (tertiary alicyclic amines) is 1. The molecule has 0 saturated carbocycles. The van der Waals surface area contributed by atoms with Crippen molar-refractivity contribution in [2.75, 3.05) is 26.2 Å². The fourth-order valence-electron chi connectivity index (χ4n) is 2.02. The van der Waals surface area contributed by atoms with E-state index in [1.165, 1.54) is 5.56 Å². The van der Waals surface area contributed by atoms with Gasteiger partial charge in [0.2, 0.25) is 0 Å². The first kappa shape index (κ1) is 11.6. The summed E-state index contributed by atoms with van der Waals surface area (Å²) in [7, 11) is 0. The molecule has 88 valence electrons. The summed E-state index contributed by atoms with van der Waals surface area (Å²) < 4.78 is 5.63. The molecule has 1 atom stereocenters. The fourth-order valence-corrected chi connectivity index (χ4v) is 2.02. The molecule has 0 amide bonds. The quantitative estimate of drug-likeness (QED) is 0.759. The van der Waals surface area contributed by atoms with E-state index in [1.54, 1.807) is 0 Å². The maximum absolute atomic E-state index is 5.84. The highest BCUT2D eigenvalue weighted by atomic mass is 16.5. The van der Waals surface area contributed by atoms with Gasteiger partial charge < -0.3 is 10.5 Å². The number of nitrogens with two attached hydrogens (primary N) is 1. The molecule has 0 aromatic heterocycles. The Hall–Kier alpha value is -0.900. The third-order valence-corrected chi connectivity index (χ3v) is 2.97. The summed E-state index contributed by atoms with van der Waals surface area (Å²) in [6.45, 7) is 4.65. The van der Waals surface area contributed by atoms with E-state index in [2.05, 4.69) is 17.0 Å². The molecular weight excluding hydrogens is 200 g/mol. The molecule has 2 rings (SSSR count). The Balaban J connectivity index is 1.59. The minimum Gasteiger partial charge on any atom is -0.375 e. The van der Waals surface area contributed by atoms with Crippen molar-refractivity contribution in [1.29, 1.82) is 0 Å². The number of rotatable bonds is 5. The molecule has 1 heterocycles. The lowest BCUT2D eigenvalue weighted by Crippen LogP contribution is -2.29. The van der Waals surface area contributed by atoms with Gasteiger partial charge in [-0.25, -0.2) is 0 Å². The summed E-state index contributed by atoms with van der Waals surface area (Å²) >= 11 is 0. The number of hydrogen-bond donors (Lipinski definition) is 1. The van der Waals surface area contributed by atoms with Crippen molar-refractivity contribution in [2.24, 2.45) is 5.73 Å². The normalized spacial score (nSPS) is 21.4. The highest BCUT2D eigenvalue weighted by Crippen LogP contribution is 2.06. The zero-order valence-corrected chi connectivity index (χ0v) is 9.64. The highest BCUT2D eigenvalue weighted by Gasteiger charge is 2.17. The van der Waals surface area contributed by atoms with Crippen LogP contribution in [0.5, 0.6) is 0 Å². The topological polar surface area (TPSA) is 38.5 Å². The maximum atomic E-state index is 5.84. The monoisotopic (exact) mass is 220 g/mol. The summed E-state index contributed by atoms with van der Waals surface area (Å²) in [5, 5.41) is 0. The summed E-state index contributed by atoms with van der Waals surface area (Å²) in [4.78, 5) is 2.37. The lowest BCUT2D eigenvalue weighted by molar-refractivity contribution is 0.0989. The van der Waals surface area contributed by atoms with Gasteiger partial charge in [0.05, 0.1) is 13.2 Å². The molecule has 1 aliphatic rings. The van der Waals surface area contributed by atoms with Crippen molar-refractivity contribution in [3.8, 4) is 0 Å². The number of ether oxygens (including phenoxy) is 1. The van der Waals surface area contributed by atoms with Crippen LogP contribution in [0.25, 0.3) is 0 Å². The van der Waals surface area contributed by atoms with Crippen LogP contribution in [0.15, 0.2) is 30.3 Å². The minimum absolute atomic E-state index is 0.370. The summed E-state index contributed by atoms with van der Waals surface area (Å²) in [6, 6.07) is 10.7. The van der Waals surface area contributed by atoms with Crippen molar-refractivity contribution in [3.63, 3.8) is 0 Å². The molecule has 0 radical (unpaired) electrons. The first-order chi connectivity index (χ1) is 7.84. The largest absolute Gasteiger partial charge is 0.375 e. The third kappa shape index (κ3) is 3.59. The van der Waals surface area contributed by atoms with Gasteiger partial charge in [0, 0.05) is 19.1 Å². The van der Waals surface area contributed by atoms with E-state index in [9.17, 15) is 0 Å². The number of benzene rings is 1. The Bertz CT molecular complexity index is 302. The van der Waals surface area contributed by atoms with Crippen molar-refractivity contribution in [2.45, 2.75) is 19.1 Å². The van der Waals surface area contributed by atoms with Crippen molar-refractivity contribution in [3.05, 3.63) is 35.9 Å². The first-order valence-electron chi connectivity index (χ1n) is 5.94. The standard InChI is InChI=1S/C13H20N2O/c14-13-6-7-15(10-13)8-9-16-11-12-4-2-1-3-5-12/h1-5,13H,6-11,14H2. The van der Waals surface area contributed by atoms with Gasteiger partial charge in [-0.3, -0.25) is 4.90 Å². The molecule has 0 bridgehead atoms. The Morgan fingerprint density at radius 2 is 2.12 bits per heavy atom. The Morgan fingerprint density at radius 1 is 1.31 bits per heavy atom. The second-order valence-corrected chi connectivity index (χ2v) is 4.39. The lowest BCUT2D eigenvalue weighted by atomic mass is 10.2. The Morgan fingerprint density at radius 3 is 2.81 bits per heavy atom. The average Bonchev–Trinajstić information content (AvgIpc) is 2.72. The zero-order chi connectivity index (χ0) is 11.2. The molecular formula is C13H20N2O. The van der Waals surface area contributed by atoms with Gasteiger partial charge in [-0.1, -0.05) is 30.3 Å². The van der Waals surface area contributed by atoms with Crippen LogP contribution in [0.3, 0.4) is 0 Å². The van der Waals surface area contributed by atoms with Crippen LogP contribution >= 0.6 is 0 Å². The van der Waals surface area contributed by atoms with Crippen molar-refractivity contribution >= 4 is 0 Å².